The molecule has 1 atom stereocenters. The number of pyridine rings is 1. The molecule has 112 valence electrons. The predicted octanol–water partition coefficient (Wildman–Crippen LogP) is 3.81. The standard InChI is InChI=1S/C16H25BrN2O/c1-2-3-12-4-6-16(11-18,7-5-12)15(20)13-8-14(17)10-19-9-13/h8-10,12,15,20H,2-7,11,18H2,1H3. The number of hydrogen-bond acceptors (Lipinski definition) is 3. The Labute approximate surface area is 130 Å². The molecule has 0 radical (unpaired) electrons. The molecule has 3 nitrogen and oxygen atoms in total. The second-order valence-electron chi connectivity index (χ2n) is 6.14. The van der Waals surface area contributed by atoms with Crippen LogP contribution in [0.25, 0.3) is 0 Å². The van der Waals surface area contributed by atoms with E-state index in [0.717, 1.165) is 28.8 Å². The third-order valence-electron chi connectivity index (χ3n) is 4.83. The Kier molecular flexibility index (Phi) is 5.58. The maximum Gasteiger partial charge on any atom is 0.0873 e. The van der Waals surface area contributed by atoms with E-state index in [2.05, 4.69) is 27.8 Å². The molecule has 1 heterocycles. The molecule has 0 aliphatic heterocycles. The zero-order chi connectivity index (χ0) is 14.6. The molecule has 1 aliphatic carbocycles. The number of aliphatic hydroxyl groups excluding tert-OH is 1. The third-order valence-corrected chi connectivity index (χ3v) is 5.26. The molecule has 1 unspecified atom stereocenters. The molecular formula is C16H25BrN2O. The summed E-state index contributed by atoms with van der Waals surface area (Å²) in [5.74, 6) is 0.813. The number of nitrogens with two attached hydrogens (primary N) is 1. The quantitative estimate of drug-likeness (QED) is 0.856. The summed E-state index contributed by atoms with van der Waals surface area (Å²) in [6.07, 6.45) is 9.93. The maximum absolute atomic E-state index is 10.8. The first-order valence-corrected chi connectivity index (χ1v) is 8.39. The van der Waals surface area contributed by atoms with Crippen LogP contribution < -0.4 is 5.73 Å². The second-order valence-corrected chi connectivity index (χ2v) is 7.05. The van der Waals surface area contributed by atoms with Gasteiger partial charge in [-0.25, -0.2) is 0 Å². The van der Waals surface area contributed by atoms with Crippen molar-refractivity contribution in [2.75, 3.05) is 6.54 Å². The van der Waals surface area contributed by atoms with Crippen molar-refractivity contribution in [3.05, 3.63) is 28.5 Å². The van der Waals surface area contributed by atoms with Gasteiger partial charge in [0.25, 0.3) is 0 Å². The van der Waals surface area contributed by atoms with E-state index >= 15 is 0 Å². The van der Waals surface area contributed by atoms with Gasteiger partial charge in [0.2, 0.25) is 0 Å². The molecule has 1 saturated carbocycles. The molecule has 3 N–H and O–H groups in total. The number of hydrogen-bond donors (Lipinski definition) is 2. The number of rotatable bonds is 5. The van der Waals surface area contributed by atoms with Crippen molar-refractivity contribution in [1.29, 1.82) is 0 Å². The van der Waals surface area contributed by atoms with E-state index in [-0.39, 0.29) is 5.41 Å². The number of nitrogens with zero attached hydrogens (tertiary/aromatic N) is 1. The van der Waals surface area contributed by atoms with Gasteiger partial charge < -0.3 is 10.8 Å². The minimum Gasteiger partial charge on any atom is -0.388 e. The summed E-state index contributed by atoms with van der Waals surface area (Å²) in [5, 5.41) is 10.8. The van der Waals surface area contributed by atoms with Crippen molar-refractivity contribution in [2.45, 2.75) is 51.6 Å². The van der Waals surface area contributed by atoms with Crippen LogP contribution in [0.5, 0.6) is 0 Å². The fourth-order valence-electron chi connectivity index (χ4n) is 3.47. The Morgan fingerprint density at radius 2 is 2.15 bits per heavy atom. The van der Waals surface area contributed by atoms with Crippen molar-refractivity contribution in [1.82, 2.24) is 4.98 Å². The van der Waals surface area contributed by atoms with Crippen LogP contribution in [0.3, 0.4) is 0 Å². The van der Waals surface area contributed by atoms with Crippen molar-refractivity contribution in [3.8, 4) is 0 Å². The van der Waals surface area contributed by atoms with Gasteiger partial charge in [0.1, 0.15) is 0 Å². The minimum absolute atomic E-state index is 0.174. The summed E-state index contributed by atoms with van der Waals surface area (Å²) < 4.78 is 0.904. The summed E-state index contributed by atoms with van der Waals surface area (Å²) in [6.45, 7) is 2.78. The average Bonchev–Trinajstić information content (AvgIpc) is 2.48. The van der Waals surface area contributed by atoms with E-state index in [9.17, 15) is 5.11 Å². The van der Waals surface area contributed by atoms with Crippen LogP contribution in [0.1, 0.15) is 57.1 Å². The molecule has 1 aliphatic rings. The normalized spacial score (nSPS) is 28.3. The lowest BCUT2D eigenvalue weighted by molar-refractivity contribution is -0.0110. The van der Waals surface area contributed by atoms with Gasteiger partial charge in [0.15, 0.2) is 0 Å². The largest absolute Gasteiger partial charge is 0.388 e. The Morgan fingerprint density at radius 3 is 2.70 bits per heavy atom. The summed E-state index contributed by atoms with van der Waals surface area (Å²) in [5.41, 5.74) is 6.74. The minimum atomic E-state index is -0.514. The monoisotopic (exact) mass is 340 g/mol. The summed E-state index contributed by atoms with van der Waals surface area (Å²) in [7, 11) is 0. The van der Waals surface area contributed by atoms with Gasteiger partial charge in [0, 0.05) is 34.4 Å². The van der Waals surface area contributed by atoms with E-state index in [1.54, 1.807) is 12.4 Å². The maximum atomic E-state index is 10.8. The number of aromatic nitrogens is 1. The van der Waals surface area contributed by atoms with Crippen molar-refractivity contribution >= 4 is 15.9 Å². The SMILES string of the molecule is CCCC1CCC(CN)(C(O)c2cncc(Br)c2)CC1. The Bertz CT molecular complexity index is 430. The van der Waals surface area contributed by atoms with Crippen LogP contribution in [-0.4, -0.2) is 16.6 Å². The van der Waals surface area contributed by atoms with E-state index in [0.29, 0.717) is 6.54 Å². The highest BCUT2D eigenvalue weighted by atomic mass is 79.9. The van der Waals surface area contributed by atoms with E-state index in [1.165, 1.54) is 25.7 Å². The molecule has 1 aromatic heterocycles. The lowest BCUT2D eigenvalue weighted by Crippen LogP contribution is -2.40. The molecule has 1 aromatic rings. The molecular weight excluding hydrogens is 316 g/mol. The molecule has 1 fully saturated rings. The fraction of sp³-hybridized carbons (Fsp3) is 0.688. The average molecular weight is 341 g/mol. The molecule has 0 bridgehead atoms. The molecule has 0 spiro atoms. The van der Waals surface area contributed by atoms with Gasteiger partial charge in [-0.3, -0.25) is 4.98 Å². The Hall–Kier alpha value is -0.450. The molecule has 20 heavy (non-hydrogen) atoms. The highest BCUT2D eigenvalue weighted by Gasteiger charge is 2.40. The van der Waals surface area contributed by atoms with Gasteiger partial charge in [0.05, 0.1) is 6.10 Å². The van der Waals surface area contributed by atoms with Crippen LogP contribution in [0.15, 0.2) is 22.9 Å². The van der Waals surface area contributed by atoms with Gasteiger partial charge in [-0.2, -0.15) is 0 Å². The smallest absolute Gasteiger partial charge is 0.0873 e. The van der Waals surface area contributed by atoms with Crippen LogP contribution in [0, 0.1) is 11.3 Å². The zero-order valence-corrected chi connectivity index (χ0v) is 13.8. The lowest BCUT2D eigenvalue weighted by atomic mass is 9.65. The highest BCUT2D eigenvalue weighted by Crippen LogP contribution is 2.47. The van der Waals surface area contributed by atoms with Gasteiger partial charge >= 0.3 is 0 Å². The first-order chi connectivity index (χ1) is 9.61. The van der Waals surface area contributed by atoms with E-state index < -0.39 is 6.10 Å². The van der Waals surface area contributed by atoms with Crippen molar-refractivity contribution in [2.24, 2.45) is 17.1 Å². The Balaban J connectivity index is 2.11. The van der Waals surface area contributed by atoms with Gasteiger partial charge in [-0.05, 0) is 53.6 Å². The van der Waals surface area contributed by atoms with Crippen LogP contribution in [-0.2, 0) is 0 Å². The molecule has 2 rings (SSSR count). The highest BCUT2D eigenvalue weighted by molar-refractivity contribution is 9.10. The van der Waals surface area contributed by atoms with Crippen LogP contribution in [0.4, 0.5) is 0 Å². The molecule has 4 heteroatoms. The number of halogens is 1. The van der Waals surface area contributed by atoms with Crippen LogP contribution in [0.2, 0.25) is 0 Å². The third kappa shape index (κ3) is 3.41. The van der Waals surface area contributed by atoms with Gasteiger partial charge in [-0.1, -0.05) is 19.8 Å². The van der Waals surface area contributed by atoms with E-state index in [4.69, 9.17) is 5.73 Å². The summed E-state index contributed by atoms with van der Waals surface area (Å²) in [4.78, 5) is 4.16. The van der Waals surface area contributed by atoms with Gasteiger partial charge in [-0.15, -0.1) is 0 Å². The number of aliphatic hydroxyl groups is 1. The topological polar surface area (TPSA) is 59.1 Å². The summed E-state index contributed by atoms with van der Waals surface area (Å²) in [6, 6.07) is 1.95. The van der Waals surface area contributed by atoms with Crippen molar-refractivity contribution in [3.63, 3.8) is 0 Å². The molecule has 0 amide bonds. The first kappa shape index (κ1) is 15.9. The lowest BCUT2D eigenvalue weighted by Gasteiger charge is -2.43. The second kappa shape index (κ2) is 7.01. The summed E-state index contributed by atoms with van der Waals surface area (Å²) >= 11 is 3.42. The zero-order valence-electron chi connectivity index (χ0n) is 12.2. The Morgan fingerprint density at radius 1 is 1.45 bits per heavy atom. The predicted molar refractivity (Wildman–Crippen MR) is 85.3 cm³/mol. The molecule has 0 saturated heterocycles. The van der Waals surface area contributed by atoms with Crippen LogP contribution >= 0.6 is 15.9 Å². The first-order valence-electron chi connectivity index (χ1n) is 7.60. The van der Waals surface area contributed by atoms with E-state index in [1.807, 2.05) is 6.07 Å². The van der Waals surface area contributed by atoms with Crippen molar-refractivity contribution < 1.29 is 5.11 Å². The molecule has 0 aromatic carbocycles. The fourth-order valence-corrected chi connectivity index (χ4v) is 3.85.